The maximum Gasteiger partial charge on any atom is 0.326 e. The molecule has 0 bridgehead atoms. The molecule has 3 N–H and O–H groups in total. The number of carboxylic acids is 1. The summed E-state index contributed by atoms with van der Waals surface area (Å²) in [6, 6.07) is 0.702. The number of carbonyl (C=O) groups excluding carboxylic acids is 2. The number of nitrogens with zero attached hydrogens (tertiary/aromatic N) is 1. The maximum atomic E-state index is 12.0. The molecule has 0 fully saturated rings. The molecule has 1 aromatic rings. The largest absolute Gasteiger partial charge is 0.480 e. The van der Waals surface area contributed by atoms with Gasteiger partial charge < -0.3 is 20.3 Å². The Balaban J connectivity index is 2.38. The van der Waals surface area contributed by atoms with Crippen molar-refractivity contribution in [2.24, 2.45) is 0 Å². The highest BCUT2D eigenvalue weighted by atomic mass is 32.2. The highest BCUT2D eigenvalue weighted by Gasteiger charge is 2.21. The third-order valence-corrected chi connectivity index (χ3v) is 4.34. The zero-order valence-electron chi connectivity index (χ0n) is 14.0. The van der Waals surface area contributed by atoms with Crippen molar-refractivity contribution in [2.75, 3.05) is 11.1 Å². The number of unbranched alkanes of at least 4 members (excludes halogenated alkanes) is 1. The van der Waals surface area contributed by atoms with Gasteiger partial charge in [-0.3, -0.25) is 9.59 Å². The molecule has 1 aromatic heterocycles. The van der Waals surface area contributed by atoms with Crippen molar-refractivity contribution in [3.63, 3.8) is 0 Å². The molecule has 8 nitrogen and oxygen atoms in total. The Bertz CT molecular complexity index is 575. The van der Waals surface area contributed by atoms with Crippen LogP contribution in [0.3, 0.4) is 0 Å². The highest BCUT2D eigenvalue weighted by molar-refractivity contribution is 8.01. The standard InChI is InChI=1S/C15H23N3O5S/c1-4-5-6-11(15(21)22)16-13(19)8-24-10(3)14(20)17-12-7-9(2)23-18-12/h7,10-11H,4-6,8H2,1-3H3,(H,16,19)(H,21,22)(H,17,18,20)/t10?,11-/m0/s1. The summed E-state index contributed by atoms with van der Waals surface area (Å²) < 4.78 is 4.85. The van der Waals surface area contributed by atoms with Crippen LogP contribution in [-0.2, 0) is 14.4 Å². The number of rotatable bonds is 10. The minimum atomic E-state index is -1.05. The van der Waals surface area contributed by atoms with Gasteiger partial charge in [-0.1, -0.05) is 24.9 Å². The predicted molar refractivity (Wildman–Crippen MR) is 90.9 cm³/mol. The van der Waals surface area contributed by atoms with Crippen LogP contribution in [0.15, 0.2) is 10.6 Å². The van der Waals surface area contributed by atoms with Crippen molar-refractivity contribution >= 4 is 35.4 Å². The van der Waals surface area contributed by atoms with Crippen LogP contribution >= 0.6 is 11.8 Å². The average molecular weight is 357 g/mol. The molecule has 2 atom stereocenters. The van der Waals surface area contributed by atoms with Gasteiger partial charge in [0.2, 0.25) is 11.8 Å². The summed E-state index contributed by atoms with van der Waals surface area (Å²) in [6.45, 7) is 5.32. The second-order valence-corrected chi connectivity index (χ2v) is 6.69. The number of aliphatic carboxylic acids is 1. The van der Waals surface area contributed by atoms with E-state index < -0.39 is 23.2 Å². The number of amides is 2. The maximum absolute atomic E-state index is 12.0. The summed E-state index contributed by atoms with van der Waals surface area (Å²) in [7, 11) is 0. The Labute approximate surface area is 144 Å². The van der Waals surface area contributed by atoms with Crippen LogP contribution in [-0.4, -0.2) is 45.1 Å². The Kier molecular flexibility index (Phi) is 8.31. The third kappa shape index (κ3) is 7.03. The fourth-order valence-electron chi connectivity index (χ4n) is 1.83. The molecule has 0 aromatic carbocycles. The molecule has 134 valence electrons. The summed E-state index contributed by atoms with van der Waals surface area (Å²) in [6.07, 6.45) is 1.97. The minimum absolute atomic E-state index is 0.00232. The highest BCUT2D eigenvalue weighted by Crippen LogP contribution is 2.14. The molecule has 0 saturated heterocycles. The first kappa shape index (κ1) is 20.0. The molecule has 0 aliphatic rings. The molecule has 1 rings (SSSR count). The lowest BCUT2D eigenvalue weighted by atomic mass is 10.1. The fourth-order valence-corrected chi connectivity index (χ4v) is 2.53. The normalized spacial score (nSPS) is 13.1. The molecule has 0 aliphatic carbocycles. The smallest absolute Gasteiger partial charge is 0.326 e. The number of nitrogens with one attached hydrogen (secondary N) is 2. The van der Waals surface area contributed by atoms with Gasteiger partial charge in [-0.15, -0.1) is 11.8 Å². The van der Waals surface area contributed by atoms with Gasteiger partial charge in [0.1, 0.15) is 11.8 Å². The van der Waals surface area contributed by atoms with Crippen molar-refractivity contribution in [1.82, 2.24) is 10.5 Å². The Morgan fingerprint density at radius 2 is 2.12 bits per heavy atom. The third-order valence-electron chi connectivity index (χ3n) is 3.19. The van der Waals surface area contributed by atoms with Crippen LogP contribution in [0.1, 0.15) is 38.9 Å². The van der Waals surface area contributed by atoms with Crippen LogP contribution < -0.4 is 10.6 Å². The Morgan fingerprint density at radius 3 is 2.67 bits per heavy atom. The average Bonchev–Trinajstić information content (AvgIpc) is 2.93. The van der Waals surface area contributed by atoms with E-state index in [-0.39, 0.29) is 11.7 Å². The molecule has 0 saturated carbocycles. The van der Waals surface area contributed by atoms with Crippen molar-refractivity contribution in [3.8, 4) is 0 Å². The quantitative estimate of drug-likeness (QED) is 0.583. The van der Waals surface area contributed by atoms with Crippen LogP contribution in [0.4, 0.5) is 5.82 Å². The number of aromatic nitrogens is 1. The second-order valence-electron chi connectivity index (χ2n) is 5.37. The number of anilines is 1. The first-order valence-electron chi connectivity index (χ1n) is 7.71. The molecule has 2 amide bonds. The molecule has 0 spiro atoms. The lowest BCUT2D eigenvalue weighted by Gasteiger charge is -2.15. The lowest BCUT2D eigenvalue weighted by molar-refractivity contribution is -0.141. The Morgan fingerprint density at radius 1 is 1.42 bits per heavy atom. The minimum Gasteiger partial charge on any atom is -0.480 e. The van der Waals surface area contributed by atoms with E-state index >= 15 is 0 Å². The molecule has 0 aliphatic heterocycles. The van der Waals surface area contributed by atoms with Gasteiger partial charge in [0.15, 0.2) is 5.82 Å². The van der Waals surface area contributed by atoms with Gasteiger partial charge in [0, 0.05) is 6.07 Å². The summed E-state index contributed by atoms with van der Waals surface area (Å²) in [5.74, 6) is -0.851. The van der Waals surface area contributed by atoms with Crippen molar-refractivity contribution in [2.45, 2.75) is 51.3 Å². The summed E-state index contributed by atoms with van der Waals surface area (Å²) in [4.78, 5) is 34.9. The van der Waals surface area contributed by atoms with E-state index in [1.54, 1.807) is 19.9 Å². The first-order valence-corrected chi connectivity index (χ1v) is 8.76. The van der Waals surface area contributed by atoms with Gasteiger partial charge >= 0.3 is 5.97 Å². The van der Waals surface area contributed by atoms with Crippen molar-refractivity contribution in [3.05, 3.63) is 11.8 Å². The van der Waals surface area contributed by atoms with Gasteiger partial charge in [-0.05, 0) is 20.3 Å². The number of carbonyl (C=O) groups is 3. The topological polar surface area (TPSA) is 122 Å². The number of hydrogen-bond donors (Lipinski definition) is 3. The number of carboxylic acid groups (broad SMARTS) is 1. The van der Waals surface area contributed by atoms with Crippen molar-refractivity contribution in [1.29, 1.82) is 0 Å². The van der Waals surface area contributed by atoms with E-state index in [0.29, 0.717) is 18.0 Å². The summed E-state index contributed by atoms with van der Waals surface area (Å²) in [5.41, 5.74) is 0. The fraction of sp³-hybridized carbons (Fsp3) is 0.600. The van der Waals surface area contributed by atoms with E-state index in [2.05, 4.69) is 15.8 Å². The van der Waals surface area contributed by atoms with Crippen molar-refractivity contribution < 1.29 is 24.0 Å². The van der Waals surface area contributed by atoms with Gasteiger partial charge in [-0.2, -0.15) is 0 Å². The molecule has 1 heterocycles. The van der Waals surface area contributed by atoms with Crippen LogP contribution in [0.25, 0.3) is 0 Å². The van der Waals surface area contributed by atoms with E-state index in [4.69, 9.17) is 9.63 Å². The van der Waals surface area contributed by atoms with Crippen LogP contribution in [0, 0.1) is 6.92 Å². The molecule has 1 unspecified atom stereocenters. The zero-order valence-corrected chi connectivity index (χ0v) is 14.8. The summed E-state index contributed by atoms with van der Waals surface area (Å²) in [5, 5.41) is 17.3. The Hall–Kier alpha value is -2.03. The van der Waals surface area contributed by atoms with Gasteiger partial charge in [0.05, 0.1) is 11.0 Å². The van der Waals surface area contributed by atoms with Crippen LogP contribution in [0.2, 0.25) is 0 Å². The zero-order chi connectivity index (χ0) is 18.1. The number of thioether (sulfide) groups is 1. The monoisotopic (exact) mass is 357 g/mol. The van der Waals surface area contributed by atoms with E-state index in [1.165, 1.54) is 0 Å². The molecule has 24 heavy (non-hydrogen) atoms. The SMILES string of the molecule is CCCC[C@H](NC(=O)CSC(C)C(=O)Nc1cc(C)on1)C(=O)O. The molecular weight excluding hydrogens is 334 g/mol. The van der Waals surface area contributed by atoms with E-state index in [9.17, 15) is 14.4 Å². The lowest BCUT2D eigenvalue weighted by Crippen LogP contribution is -2.42. The second kappa shape index (κ2) is 9.96. The first-order chi connectivity index (χ1) is 11.3. The number of hydrogen-bond acceptors (Lipinski definition) is 6. The molecule has 9 heteroatoms. The van der Waals surface area contributed by atoms with E-state index in [0.717, 1.165) is 24.6 Å². The van der Waals surface area contributed by atoms with Gasteiger partial charge in [0.25, 0.3) is 0 Å². The number of aryl methyl sites for hydroxylation is 1. The summed E-state index contributed by atoms with van der Waals surface area (Å²) >= 11 is 1.12. The van der Waals surface area contributed by atoms with Crippen LogP contribution in [0.5, 0.6) is 0 Å². The van der Waals surface area contributed by atoms with E-state index in [1.807, 2.05) is 6.92 Å². The predicted octanol–water partition coefficient (Wildman–Crippen LogP) is 1.80. The molecular formula is C15H23N3O5S. The molecule has 0 radical (unpaired) electrons. The van der Waals surface area contributed by atoms with Gasteiger partial charge in [-0.25, -0.2) is 4.79 Å².